The molecular weight excluding hydrogens is 578 g/mol. The molecule has 0 saturated heterocycles. The second-order valence-corrected chi connectivity index (χ2v) is 11.2. The molecule has 0 amide bonds. The molecule has 0 rings (SSSR count). The molecule has 0 aliphatic heterocycles. The predicted octanol–water partition coefficient (Wildman–Crippen LogP) is -4.08. The number of hydrogen-bond acceptors (Lipinski definition) is 11. The SMILES string of the molecule is CCCCC/C=C/C/C=C/CCCCCCCC(=O)OCC(CO)(CO)COC(=O)CC(C(=O)[O-])S(=O)(=O)[O-].[Na+].[Na+]. The van der Waals surface area contributed by atoms with Crippen molar-refractivity contribution in [2.75, 3.05) is 26.4 Å². The first kappa shape index (κ1) is 45.2. The normalized spacial score (nSPS) is 12.5. The summed E-state index contributed by atoms with van der Waals surface area (Å²) < 4.78 is 42.6. The van der Waals surface area contributed by atoms with Gasteiger partial charge in [0.05, 0.1) is 36.3 Å². The second kappa shape index (κ2) is 27.3. The largest absolute Gasteiger partial charge is 1.00 e. The maximum Gasteiger partial charge on any atom is 1.00 e. The molecule has 0 bridgehead atoms. The Morgan fingerprint density at radius 3 is 1.78 bits per heavy atom. The quantitative estimate of drug-likeness (QED) is 0.0350. The molecule has 0 aromatic heterocycles. The first-order valence-corrected chi connectivity index (χ1v) is 15.0. The van der Waals surface area contributed by atoms with E-state index in [0.29, 0.717) is 6.42 Å². The zero-order valence-electron chi connectivity index (χ0n) is 24.9. The van der Waals surface area contributed by atoms with Gasteiger partial charge in [0, 0.05) is 6.42 Å². The molecular formula is C27H44Na2O11S. The predicted molar refractivity (Wildman–Crippen MR) is 141 cm³/mol. The molecule has 0 aliphatic carbocycles. The van der Waals surface area contributed by atoms with Gasteiger partial charge in [-0.1, -0.05) is 63.3 Å². The number of carboxylic acid groups (broad SMARTS) is 1. The van der Waals surface area contributed by atoms with Crippen molar-refractivity contribution in [3.8, 4) is 0 Å². The van der Waals surface area contributed by atoms with Crippen molar-refractivity contribution < 1.29 is 111 Å². The van der Waals surface area contributed by atoms with Gasteiger partial charge in [-0.05, 0) is 38.5 Å². The van der Waals surface area contributed by atoms with E-state index in [4.69, 9.17) is 9.47 Å². The number of carbonyl (C=O) groups excluding carboxylic acids is 3. The molecule has 0 aromatic carbocycles. The third kappa shape index (κ3) is 23.8. The van der Waals surface area contributed by atoms with Crippen LogP contribution < -0.4 is 64.2 Å². The fourth-order valence-electron chi connectivity index (χ4n) is 3.41. The maximum absolute atomic E-state index is 12.0. The van der Waals surface area contributed by atoms with E-state index in [1.54, 1.807) is 0 Å². The summed E-state index contributed by atoms with van der Waals surface area (Å²) in [4.78, 5) is 34.6. The van der Waals surface area contributed by atoms with Crippen LogP contribution in [0.15, 0.2) is 24.3 Å². The van der Waals surface area contributed by atoms with E-state index >= 15 is 0 Å². The van der Waals surface area contributed by atoms with Gasteiger partial charge in [-0.3, -0.25) is 9.59 Å². The van der Waals surface area contributed by atoms with Crippen LogP contribution in [0.3, 0.4) is 0 Å². The van der Waals surface area contributed by atoms with E-state index in [1.165, 1.54) is 19.3 Å². The van der Waals surface area contributed by atoms with E-state index in [-0.39, 0.29) is 65.5 Å². The van der Waals surface area contributed by atoms with Crippen molar-refractivity contribution in [1.82, 2.24) is 0 Å². The van der Waals surface area contributed by atoms with Crippen LogP contribution in [0.2, 0.25) is 0 Å². The number of carbonyl (C=O) groups is 3. The summed E-state index contributed by atoms with van der Waals surface area (Å²) in [6, 6.07) is 0. The summed E-state index contributed by atoms with van der Waals surface area (Å²) in [5.41, 5.74) is -1.59. The van der Waals surface area contributed by atoms with Crippen LogP contribution in [-0.4, -0.2) is 72.8 Å². The minimum Gasteiger partial charge on any atom is -0.747 e. The standard InChI is InChI=1S/C27H46O11S.2Na/c1-2-3-4-5-6-7-8-9-10-11-12-13-14-15-16-17-24(30)37-21-27(19-28,20-29)22-38-25(31)18-23(26(32)33)39(34,35)36;;/h6-7,9-10,23,28-29H,2-5,8,11-22H2,1H3,(H,32,33)(H,34,35,36);;/q;2*+1/p-2/b7-6+,10-9+;;. The average Bonchev–Trinajstić information content (AvgIpc) is 2.89. The van der Waals surface area contributed by atoms with Crippen LogP contribution in [0, 0.1) is 5.41 Å². The number of hydrogen-bond donors (Lipinski definition) is 2. The van der Waals surface area contributed by atoms with Crippen LogP contribution >= 0.6 is 0 Å². The van der Waals surface area contributed by atoms with Crippen molar-refractivity contribution in [3.05, 3.63) is 24.3 Å². The molecule has 2 N–H and O–H groups in total. The fraction of sp³-hybridized carbons (Fsp3) is 0.741. The molecule has 0 saturated carbocycles. The second-order valence-electron chi connectivity index (χ2n) is 9.62. The van der Waals surface area contributed by atoms with E-state index in [0.717, 1.165) is 44.9 Å². The number of aliphatic carboxylic acids is 1. The molecule has 11 nitrogen and oxygen atoms in total. The Bertz CT molecular complexity index is 872. The van der Waals surface area contributed by atoms with Gasteiger partial charge in [0.25, 0.3) is 0 Å². The third-order valence-electron chi connectivity index (χ3n) is 6.04. The Balaban J connectivity index is -0.00000722. The summed E-state index contributed by atoms with van der Waals surface area (Å²) >= 11 is 0. The summed E-state index contributed by atoms with van der Waals surface area (Å²) in [6.45, 7) is -0.501. The molecule has 226 valence electrons. The first-order chi connectivity index (χ1) is 18.5. The zero-order valence-corrected chi connectivity index (χ0v) is 29.7. The van der Waals surface area contributed by atoms with Crippen molar-refractivity contribution in [2.45, 2.75) is 95.6 Å². The van der Waals surface area contributed by atoms with E-state index in [9.17, 15) is 42.7 Å². The van der Waals surface area contributed by atoms with Gasteiger partial charge in [0.15, 0.2) is 0 Å². The Kier molecular flexibility index (Phi) is 30.0. The Morgan fingerprint density at radius 2 is 1.29 bits per heavy atom. The van der Waals surface area contributed by atoms with Gasteiger partial charge in [-0.2, -0.15) is 0 Å². The van der Waals surface area contributed by atoms with Crippen LogP contribution in [0.5, 0.6) is 0 Å². The summed E-state index contributed by atoms with van der Waals surface area (Å²) in [5.74, 6) is -4.18. The number of aliphatic hydroxyl groups excluding tert-OH is 2. The molecule has 0 aliphatic rings. The van der Waals surface area contributed by atoms with Crippen LogP contribution in [-0.2, 0) is 34.0 Å². The number of rotatable bonds is 24. The molecule has 1 atom stereocenters. The first-order valence-electron chi connectivity index (χ1n) is 13.5. The van der Waals surface area contributed by atoms with Crippen molar-refractivity contribution in [1.29, 1.82) is 0 Å². The third-order valence-corrected chi connectivity index (χ3v) is 7.10. The monoisotopic (exact) mass is 622 g/mol. The van der Waals surface area contributed by atoms with Crippen molar-refractivity contribution >= 4 is 28.0 Å². The van der Waals surface area contributed by atoms with Crippen molar-refractivity contribution in [2.24, 2.45) is 5.41 Å². The molecule has 41 heavy (non-hydrogen) atoms. The van der Waals surface area contributed by atoms with E-state index in [1.807, 2.05) is 0 Å². The van der Waals surface area contributed by atoms with Gasteiger partial charge in [-0.15, -0.1) is 0 Å². The summed E-state index contributed by atoms with van der Waals surface area (Å²) in [6.07, 6.45) is 19.0. The topological polar surface area (TPSA) is 190 Å². The molecule has 0 aromatic rings. The summed E-state index contributed by atoms with van der Waals surface area (Å²) in [5, 5.41) is 27.4. The molecule has 1 unspecified atom stereocenters. The molecule has 0 spiro atoms. The van der Waals surface area contributed by atoms with Crippen molar-refractivity contribution in [3.63, 3.8) is 0 Å². The van der Waals surface area contributed by atoms with Gasteiger partial charge in [0.2, 0.25) is 0 Å². The van der Waals surface area contributed by atoms with Gasteiger partial charge >= 0.3 is 71.1 Å². The molecule has 0 heterocycles. The van der Waals surface area contributed by atoms with E-state index < -0.39 is 71.5 Å². The average molecular weight is 623 g/mol. The minimum absolute atomic E-state index is 0. The minimum atomic E-state index is -5.36. The fourth-order valence-corrected chi connectivity index (χ4v) is 3.98. The van der Waals surface area contributed by atoms with Crippen LogP contribution in [0.1, 0.15) is 90.4 Å². The van der Waals surface area contributed by atoms with Gasteiger partial charge in [-0.25, -0.2) is 8.42 Å². The van der Waals surface area contributed by atoms with Crippen LogP contribution in [0.25, 0.3) is 0 Å². The Hall–Kier alpha value is -0.280. The van der Waals surface area contributed by atoms with E-state index in [2.05, 4.69) is 31.2 Å². The number of esters is 2. The Labute approximate surface area is 288 Å². The Morgan fingerprint density at radius 1 is 0.805 bits per heavy atom. The number of ether oxygens (including phenoxy) is 2. The summed E-state index contributed by atoms with van der Waals surface area (Å²) in [7, 11) is -5.36. The number of aliphatic hydroxyl groups is 2. The van der Waals surface area contributed by atoms with Crippen LogP contribution in [0.4, 0.5) is 0 Å². The smallest absolute Gasteiger partial charge is 0.747 e. The van der Waals surface area contributed by atoms with Gasteiger partial charge in [0.1, 0.15) is 23.3 Å². The number of unbranched alkanes of at least 4 members (excludes halogenated alkanes) is 8. The molecule has 14 heteroatoms. The number of allylic oxidation sites excluding steroid dienone is 4. The molecule has 0 fully saturated rings. The maximum atomic E-state index is 12.0. The zero-order chi connectivity index (χ0) is 29.6. The number of carboxylic acids is 1. The molecule has 0 radical (unpaired) electrons. The van der Waals surface area contributed by atoms with Gasteiger partial charge < -0.3 is 34.1 Å².